The molecule has 26 heavy (non-hydrogen) atoms. The van der Waals surface area contributed by atoms with Gasteiger partial charge in [-0.3, -0.25) is 9.69 Å². The van der Waals surface area contributed by atoms with Gasteiger partial charge in [0, 0.05) is 17.8 Å². The van der Waals surface area contributed by atoms with Crippen LogP contribution in [0.4, 0.5) is 14.9 Å². The van der Waals surface area contributed by atoms with Gasteiger partial charge in [-0.1, -0.05) is 36.4 Å². The minimum Gasteiger partial charge on any atom is -0.445 e. The predicted molar refractivity (Wildman–Crippen MR) is 96.1 cm³/mol. The Morgan fingerprint density at radius 3 is 2.73 bits per heavy atom. The number of ether oxygens (including phenoxy) is 1. The molecule has 1 aliphatic heterocycles. The first-order valence-corrected chi connectivity index (χ1v) is 8.59. The molecule has 0 unspecified atom stereocenters. The van der Waals surface area contributed by atoms with E-state index in [2.05, 4.69) is 5.32 Å². The third kappa shape index (κ3) is 4.02. The van der Waals surface area contributed by atoms with Crippen molar-refractivity contribution < 1.29 is 18.7 Å². The van der Waals surface area contributed by atoms with Crippen molar-refractivity contribution >= 4 is 17.7 Å². The summed E-state index contributed by atoms with van der Waals surface area (Å²) in [5, 5.41) is 2.72. The van der Waals surface area contributed by atoms with Crippen LogP contribution in [-0.4, -0.2) is 29.5 Å². The van der Waals surface area contributed by atoms with E-state index >= 15 is 0 Å². The van der Waals surface area contributed by atoms with Crippen LogP contribution in [0.25, 0.3) is 0 Å². The van der Waals surface area contributed by atoms with Crippen molar-refractivity contribution in [2.45, 2.75) is 32.4 Å². The third-order valence-electron chi connectivity index (χ3n) is 4.52. The number of rotatable bonds is 4. The summed E-state index contributed by atoms with van der Waals surface area (Å²) in [6, 6.07) is 13.3. The van der Waals surface area contributed by atoms with Crippen LogP contribution >= 0.6 is 0 Å². The number of halogens is 1. The molecule has 2 aromatic carbocycles. The molecule has 2 aromatic rings. The Kier molecular flexibility index (Phi) is 5.51. The van der Waals surface area contributed by atoms with Crippen molar-refractivity contribution in [2.75, 3.05) is 11.9 Å². The maximum atomic E-state index is 13.6. The largest absolute Gasteiger partial charge is 0.445 e. The average molecular weight is 356 g/mol. The van der Waals surface area contributed by atoms with Crippen molar-refractivity contribution in [1.29, 1.82) is 0 Å². The Morgan fingerprint density at radius 2 is 1.96 bits per heavy atom. The molecular weight excluding hydrogens is 335 g/mol. The summed E-state index contributed by atoms with van der Waals surface area (Å²) in [4.78, 5) is 26.4. The molecule has 1 fully saturated rings. The Morgan fingerprint density at radius 1 is 1.19 bits per heavy atom. The monoisotopic (exact) mass is 356 g/mol. The van der Waals surface area contributed by atoms with E-state index in [4.69, 9.17) is 4.74 Å². The second-order valence-electron chi connectivity index (χ2n) is 6.29. The Labute approximate surface area is 151 Å². The van der Waals surface area contributed by atoms with Gasteiger partial charge < -0.3 is 10.1 Å². The van der Waals surface area contributed by atoms with Gasteiger partial charge in [0.05, 0.1) is 0 Å². The fourth-order valence-corrected chi connectivity index (χ4v) is 3.02. The van der Waals surface area contributed by atoms with Gasteiger partial charge >= 0.3 is 6.09 Å². The van der Waals surface area contributed by atoms with Gasteiger partial charge in [-0.25, -0.2) is 9.18 Å². The Bertz CT molecular complexity index is 795. The summed E-state index contributed by atoms with van der Waals surface area (Å²) < 4.78 is 19.0. The van der Waals surface area contributed by atoms with Crippen LogP contribution in [0.5, 0.6) is 0 Å². The van der Waals surface area contributed by atoms with Crippen LogP contribution in [0.3, 0.4) is 0 Å². The Balaban J connectivity index is 1.62. The number of carbonyl (C=O) groups is 2. The molecule has 0 spiro atoms. The zero-order valence-electron chi connectivity index (χ0n) is 14.6. The molecule has 5 nitrogen and oxygen atoms in total. The molecular formula is C20H21FN2O3. The van der Waals surface area contributed by atoms with Crippen LogP contribution in [0.15, 0.2) is 48.5 Å². The van der Waals surface area contributed by atoms with E-state index in [1.165, 1.54) is 11.0 Å². The Hall–Kier alpha value is -2.89. The molecule has 1 heterocycles. The van der Waals surface area contributed by atoms with Crippen molar-refractivity contribution in [2.24, 2.45) is 0 Å². The molecule has 1 saturated heterocycles. The second kappa shape index (κ2) is 7.99. The molecule has 6 heteroatoms. The van der Waals surface area contributed by atoms with Gasteiger partial charge in [0.2, 0.25) is 5.91 Å². The molecule has 0 bridgehead atoms. The molecule has 0 aliphatic carbocycles. The maximum absolute atomic E-state index is 13.6. The van der Waals surface area contributed by atoms with Crippen LogP contribution in [-0.2, 0) is 16.1 Å². The van der Waals surface area contributed by atoms with E-state index in [-0.39, 0.29) is 18.3 Å². The van der Waals surface area contributed by atoms with Crippen LogP contribution in [0, 0.1) is 12.7 Å². The second-order valence-corrected chi connectivity index (χ2v) is 6.29. The average Bonchev–Trinajstić information content (AvgIpc) is 3.14. The number of anilines is 1. The molecule has 2 amide bonds. The van der Waals surface area contributed by atoms with E-state index in [0.717, 1.165) is 12.0 Å². The van der Waals surface area contributed by atoms with Crippen molar-refractivity contribution in [3.05, 3.63) is 65.5 Å². The predicted octanol–water partition coefficient (Wildman–Crippen LogP) is 3.87. The molecule has 0 saturated carbocycles. The molecule has 3 rings (SSSR count). The van der Waals surface area contributed by atoms with Gasteiger partial charge in [-0.2, -0.15) is 0 Å². The van der Waals surface area contributed by atoms with E-state index in [9.17, 15) is 14.0 Å². The lowest BCUT2D eigenvalue weighted by Gasteiger charge is -2.23. The highest BCUT2D eigenvalue weighted by molar-refractivity contribution is 5.97. The normalized spacial score (nSPS) is 16.4. The lowest BCUT2D eigenvalue weighted by atomic mass is 10.1. The van der Waals surface area contributed by atoms with E-state index in [0.29, 0.717) is 24.2 Å². The van der Waals surface area contributed by atoms with Crippen molar-refractivity contribution in [3.8, 4) is 0 Å². The van der Waals surface area contributed by atoms with Crippen LogP contribution in [0.2, 0.25) is 0 Å². The van der Waals surface area contributed by atoms with Crippen LogP contribution in [0.1, 0.15) is 24.0 Å². The summed E-state index contributed by atoms with van der Waals surface area (Å²) in [7, 11) is 0. The molecule has 0 aromatic heterocycles. The number of nitrogens with one attached hydrogen (secondary N) is 1. The molecule has 1 N–H and O–H groups in total. The summed E-state index contributed by atoms with van der Waals surface area (Å²) in [6.45, 7) is 2.23. The van der Waals surface area contributed by atoms with E-state index in [1.807, 2.05) is 30.3 Å². The van der Waals surface area contributed by atoms with E-state index in [1.54, 1.807) is 19.1 Å². The van der Waals surface area contributed by atoms with Crippen molar-refractivity contribution in [3.63, 3.8) is 0 Å². The summed E-state index contributed by atoms with van der Waals surface area (Å²) >= 11 is 0. The highest BCUT2D eigenvalue weighted by atomic mass is 19.1. The van der Waals surface area contributed by atoms with Gasteiger partial charge in [0.1, 0.15) is 18.5 Å². The van der Waals surface area contributed by atoms with E-state index < -0.39 is 12.1 Å². The number of nitrogens with zero attached hydrogens (tertiary/aromatic N) is 1. The minimum absolute atomic E-state index is 0.160. The number of amides is 2. The number of hydrogen-bond donors (Lipinski definition) is 1. The fraction of sp³-hybridized carbons (Fsp3) is 0.300. The molecule has 1 aliphatic rings. The fourth-order valence-electron chi connectivity index (χ4n) is 3.02. The molecule has 1 atom stereocenters. The lowest BCUT2D eigenvalue weighted by Crippen LogP contribution is -2.43. The minimum atomic E-state index is -0.610. The van der Waals surface area contributed by atoms with Gasteiger partial charge in [-0.05, 0) is 37.5 Å². The quantitative estimate of drug-likeness (QED) is 0.905. The zero-order chi connectivity index (χ0) is 18.5. The summed E-state index contributed by atoms with van der Waals surface area (Å²) in [5.41, 5.74) is 1.67. The third-order valence-corrected chi connectivity index (χ3v) is 4.52. The summed E-state index contributed by atoms with van der Waals surface area (Å²) in [5.74, 6) is -0.707. The standard InChI is InChI=1S/C20H21FN2O3/c1-14-16(21)9-5-10-17(14)22-19(24)18-11-6-12-23(18)20(25)26-13-15-7-3-2-4-8-15/h2-5,7-10,18H,6,11-13H2,1H3,(H,22,24)/t18-/m0/s1. The number of benzene rings is 2. The number of hydrogen-bond acceptors (Lipinski definition) is 3. The number of carbonyl (C=O) groups excluding carboxylic acids is 2. The van der Waals surface area contributed by atoms with Gasteiger partial charge in [0.15, 0.2) is 0 Å². The maximum Gasteiger partial charge on any atom is 0.410 e. The van der Waals surface area contributed by atoms with Gasteiger partial charge in [0.25, 0.3) is 0 Å². The zero-order valence-corrected chi connectivity index (χ0v) is 14.6. The number of likely N-dealkylation sites (tertiary alicyclic amines) is 1. The smallest absolute Gasteiger partial charge is 0.410 e. The topological polar surface area (TPSA) is 58.6 Å². The summed E-state index contributed by atoms with van der Waals surface area (Å²) in [6.07, 6.45) is 0.767. The molecule has 136 valence electrons. The van der Waals surface area contributed by atoms with Gasteiger partial charge in [-0.15, -0.1) is 0 Å². The lowest BCUT2D eigenvalue weighted by molar-refractivity contribution is -0.120. The van der Waals surface area contributed by atoms with Crippen molar-refractivity contribution in [1.82, 2.24) is 4.90 Å². The highest BCUT2D eigenvalue weighted by Crippen LogP contribution is 2.23. The molecule has 0 radical (unpaired) electrons. The first kappa shape index (κ1) is 17.9. The first-order chi connectivity index (χ1) is 12.6. The SMILES string of the molecule is Cc1c(F)cccc1NC(=O)[C@@H]1CCCN1C(=O)OCc1ccccc1. The van der Waals surface area contributed by atoms with Crippen LogP contribution < -0.4 is 5.32 Å². The highest BCUT2D eigenvalue weighted by Gasteiger charge is 2.35. The first-order valence-electron chi connectivity index (χ1n) is 8.59.